The number of nitrogens with zero attached hydrogens (tertiary/aromatic N) is 2. The van der Waals surface area contributed by atoms with E-state index in [9.17, 15) is 9.59 Å². The molecule has 3 heterocycles. The average Bonchev–Trinajstić information content (AvgIpc) is 3.43. The molecule has 9 heteroatoms. The van der Waals surface area contributed by atoms with Crippen LogP contribution in [0.3, 0.4) is 0 Å². The van der Waals surface area contributed by atoms with Crippen LogP contribution in [0.2, 0.25) is 18.1 Å². The Hall–Kier alpha value is -2.20. The molecule has 204 valence electrons. The second-order valence-electron chi connectivity index (χ2n) is 11.1. The first kappa shape index (κ1) is 27.8. The van der Waals surface area contributed by atoms with Crippen molar-refractivity contribution in [1.82, 2.24) is 4.90 Å². The molecule has 37 heavy (non-hydrogen) atoms. The summed E-state index contributed by atoms with van der Waals surface area (Å²) < 4.78 is 18.1. The molecular formula is C28H43N2O6Si+. The second-order valence-corrected chi connectivity index (χ2v) is 15.8. The van der Waals surface area contributed by atoms with Gasteiger partial charge in [-0.2, -0.15) is 9.48 Å². The molecule has 0 saturated carbocycles. The molecule has 4 rings (SSSR count). The summed E-state index contributed by atoms with van der Waals surface area (Å²) in [6.45, 7) is 9.61. The van der Waals surface area contributed by atoms with Gasteiger partial charge >= 0.3 is 5.97 Å². The van der Waals surface area contributed by atoms with Crippen molar-refractivity contribution in [3.63, 3.8) is 0 Å². The van der Waals surface area contributed by atoms with Crippen molar-refractivity contribution in [2.45, 2.75) is 83.5 Å². The first-order valence-electron chi connectivity index (χ1n) is 13.6. The number of hydrogen-bond donors (Lipinski definition) is 0. The van der Waals surface area contributed by atoms with Gasteiger partial charge in [0.1, 0.15) is 30.7 Å². The smallest absolute Gasteiger partial charge is 0.355 e. The zero-order valence-corrected chi connectivity index (χ0v) is 24.4. The van der Waals surface area contributed by atoms with Crippen molar-refractivity contribution in [1.29, 1.82) is 0 Å². The molecule has 1 amide bonds. The van der Waals surface area contributed by atoms with Gasteiger partial charge in [0.2, 0.25) is 5.91 Å². The Balaban J connectivity index is 1.54. The summed E-state index contributed by atoms with van der Waals surface area (Å²) in [5, 5.41) is 0. The van der Waals surface area contributed by atoms with Crippen molar-refractivity contribution < 1.29 is 33.0 Å². The number of β-lactam (4-membered cyclic amide) rings is 1. The third-order valence-corrected chi connectivity index (χ3v) is 13.3. The monoisotopic (exact) mass is 531 g/mol. The highest BCUT2D eigenvalue weighted by Gasteiger charge is 2.59. The largest absolute Gasteiger partial charge is 0.497 e. The molecule has 0 radical (unpaired) electrons. The Kier molecular flexibility index (Phi) is 8.18. The Labute approximate surface area is 222 Å². The molecule has 0 bridgehead atoms. The zero-order chi connectivity index (χ0) is 27.0. The number of hydroxylamine groups is 3. The van der Waals surface area contributed by atoms with E-state index in [1.807, 2.05) is 45.3 Å². The number of methoxy groups -OCH3 is 1. The minimum Gasteiger partial charge on any atom is -0.497 e. The summed E-state index contributed by atoms with van der Waals surface area (Å²) in [5.74, 6) is -0.00857. The summed E-state index contributed by atoms with van der Waals surface area (Å²) >= 11 is 0. The molecule has 3 aliphatic heterocycles. The number of carbonyl (C=O) groups is 2. The SMILES string of the molecule is CC[Si](CC)(CC)O[C@H](C)[C@H]1C(=O)N2C(C(=O)OCc3ccc(OC)cc3)=C([C@@H]3CC[N+](C)(C)O3)C[C@H]12. The zero-order valence-electron chi connectivity index (χ0n) is 23.4. The summed E-state index contributed by atoms with van der Waals surface area (Å²) in [6, 6.07) is 10.4. The standard InChI is InChI=1S/C28H43N2O6Si/c1-8-37(9-2,10-3)36-19(4)25-23-17-22(24-15-16-30(5,6)35-24)26(29(23)27(25)31)28(32)34-18-20-11-13-21(33-7)14-12-20/h11-14,19,23-25H,8-10,15-18H2,1-7H3/q+1/t19-,23-,24+,25-/m1/s1. The number of esters is 1. The van der Waals surface area contributed by atoms with Crippen LogP contribution < -0.4 is 4.74 Å². The van der Waals surface area contributed by atoms with Crippen molar-refractivity contribution >= 4 is 20.2 Å². The molecule has 1 aromatic rings. The lowest BCUT2D eigenvalue weighted by Gasteiger charge is -2.48. The van der Waals surface area contributed by atoms with Gasteiger partial charge in [-0.1, -0.05) is 32.9 Å². The number of quaternary nitrogens is 1. The Morgan fingerprint density at radius 2 is 1.81 bits per heavy atom. The summed E-state index contributed by atoms with van der Waals surface area (Å²) in [7, 11) is 3.77. The van der Waals surface area contributed by atoms with Gasteiger partial charge in [-0.15, -0.1) is 0 Å². The van der Waals surface area contributed by atoms with Crippen LogP contribution in [0.4, 0.5) is 0 Å². The molecular weight excluding hydrogens is 488 g/mol. The van der Waals surface area contributed by atoms with Gasteiger partial charge in [0.05, 0.1) is 39.3 Å². The fourth-order valence-corrected chi connectivity index (χ4v) is 9.02. The number of ether oxygens (including phenoxy) is 2. The number of hydrogen-bond acceptors (Lipinski definition) is 6. The van der Waals surface area contributed by atoms with Crippen molar-refractivity contribution in [3.05, 3.63) is 41.1 Å². The fourth-order valence-electron chi connectivity index (χ4n) is 6.09. The summed E-state index contributed by atoms with van der Waals surface area (Å²) in [4.78, 5) is 35.0. The van der Waals surface area contributed by atoms with Crippen molar-refractivity contribution in [3.8, 4) is 5.75 Å². The lowest BCUT2D eigenvalue weighted by molar-refractivity contribution is -1.06. The van der Waals surface area contributed by atoms with E-state index >= 15 is 0 Å². The topological polar surface area (TPSA) is 74.3 Å². The third kappa shape index (κ3) is 5.37. The molecule has 0 N–H and O–H groups in total. The number of benzene rings is 1. The van der Waals surface area contributed by atoms with Crippen LogP contribution in [-0.2, 0) is 30.2 Å². The maximum atomic E-state index is 13.5. The van der Waals surface area contributed by atoms with E-state index in [0.717, 1.165) is 48.0 Å². The number of rotatable bonds is 11. The van der Waals surface area contributed by atoms with E-state index in [2.05, 4.69) is 20.8 Å². The molecule has 0 spiro atoms. The highest BCUT2D eigenvalue weighted by molar-refractivity contribution is 6.73. The van der Waals surface area contributed by atoms with E-state index in [0.29, 0.717) is 16.8 Å². The van der Waals surface area contributed by atoms with Crippen LogP contribution >= 0.6 is 0 Å². The third-order valence-electron chi connectivity index (χ3n) is 8.57. The molecule has 1 aromatic carbocycles. The summed E-state index contributed by atoms with van der Waals surface area (Å²) in [5.41, 5.74) is 2.13. The number of amides is 1. The van der Waals surface area contributed by atoms with Crippen LogP contribution in [0.5, 0.6) is 5.75 Å². The predicted octanol–water partition coefficient (Wildman–Crippen LogP) is 4.41. The van der Waals surface area contributed by atoms with Crippen LogP contribution in [0.15, 0.2) is 35.5 Å². The van der Waals surface area contributed by atoms with E-state index in [1.165, 1.54) is 0 Å². The predicted molar refractivity (Wildman–Crippen MR) is 143 cm³/mol. The quantitative estimate of drug-likeness (QED) is 0.182. The normalized spacial score (nSPS) is 25.6. The Bertz CT molecular complexity index is 1030. The van der Waals surface area contributed by atoms with Gasteiger partial charge < -0.3 is 18.8 Å². The van der Waals surface area contributed by atoms with Gasteiger partial charge in [0.15, 0.2) is 8.32 Å². The molecule has 0 aliphatic carbocycles. The molecule has 8 nitrogen and oxygen atoms in total. The van der Waals surface area contributed by atoms with Gasteiger partial charge in [-0.05, 0) is 54.7 Å². The maximum absolute atomic E-state index is 13.5. The van der Waals surface area contributed by atoms with E-state index in [1.54, 1.807) is 12.0 Å². The first-order valence-corrected chi connectivity index (χ1v) is 16.2. The highest BCUT2D eigenvalue weighted by atomic mass is 28.4. The van der Waals surface area contributed by atoms with Crippen molar-refractivity contribution in [2.75, 3.05) is 27.7 Å². The Morgan fingerprint density at radius 1 is 1.16 bits per heavy atom. The van der Waals surface area contributed by atoms with Crippen LogP contribution in [0.1, 0.15) is 46.1 Å². The fraction of sp³-hybridized carbons (Fsp3) is 0.643. The molecule has 0 aromatic heterocycles. The Morgan fingerprint density at radius 3 is 2.35 bits per heavy atom. The van der Waals surface area contributed by atoms with E-state index in [-0.39, 0.29) is 36.7 Å². The molecule has 3 aliphatic rings. The van der Waals surface area contributed by atoms with Gasteiger partial charge in [0, 0.05) is 6.42 Å². The lowest BCUT2D eigenvalue weighted by Crippen LogP contribution is -2.63. The van der Waals surface area contributed by atoms with Gasteiger partial charge in [-0.25, -0.2) is 4.79 Å². The van der Waals surface area contributed by atoms with Crippen molar-refractivity contribution in [2.24, 2.45) is 5.92 Å². The molecule has 2 saturated heterocycles. The van der Waals surface area contributed by atoms with Gasteiger partial charge in [0.25, 0.3) is 0 Å². The number of fused-ring (bicyclic) bond motifs is 1. The number of carbonyl (C=O) groups excluding carboxylic acids is 2. The van der Waals surface area contributed by atoms with E-state index in [4.69, 9.17) is 18.7 Å². The summed E-state index contributed by atoms with van der Waals surface area (Å²) in [6.07, 6.45) is 1.05. The van der Waals surface area contributed by atoms with Gasteiger partial charge in [-0.3, -0.25) is 4.79 Å². The van der Waals surface area contributed by atoms with Crippen LogP contribution in [0.25, 0.3) is 0 Å². The first-order chi connectivity index (χ1) is 17.6. The minimum absolute atomic E-state index is 0.0400. The average molecular weight is 532 g/mol. The van der Waals surface area contributed by atoms with E-state index < -0.39 is 14.3 Å². The maximum Gasteiger partial charge on any atom is 0.355 e. The van der Waals surface area contributed by atoms with Crippen LogP contribution in [0, 0.1) is 5.92 Å². The highest BCUT2D eigenvalue weighted by Crippen LogP contribution is 2.48. The molecule has 2 fully saturated rings. The van der Waals surface area contributed by atoms with Crippen LogP contribution in [-0.4, -0.2) is 75.7 Å². The second kappa shape index (κ2) is 10.9. The molecule has 0 unspecified atom stereocenters. The lowest BCUT2D eigenvalue weighted by atomic mass is 9.82. The minimum atomic E-state index is -1.87. The molecule has 4 atom stereocenters.